The quantitative estimate of drug-likeness (QED) is 0.862. The summed E-state index contributed by atoms with van der Waals surface area (Å²) in [5, 5.41) is 3.38. The van der Waals surface area contributed by atoms with Crippen molar-refractivity contribution in [2.45, 2.75) is 36.9 Å². The summed E-state index contributed by atoms with van der Waals surface area (Å²) in [7, 11) is 0. The van der Waals surface area contributed by atoms with Crippen LogP contribution in [0.1, 0.15) is 32.1 Å². The summed E-state index contributed by atoms with van der Waals surface area (Å²) in [5.41, 5.74) is 6.45. The van der Waals surface area contributed by atoms with Gasteiger partial charge in [-0.25, -0.2) is 9.97 Å². The first-order valence-corrected chi connectivity index (χ1v) is 7.33. The summed E-state index contributed by atoms with van der Waals surface area (Å²) in [6, 6.07) is 0. The molecule has 0 unspecified atom stereocenters. The maximum Gasteiger partial charge on any atom is 0.152 e. The molecule has 0 saturated heterocycles. The van der Waals surface area contributed by atoms with E-state index in [1.165, 1.54) is 38.4 Å². The van der Waals surface area contributed by atoms with E-state index in [2.05, 4.69) is 21.5 Å². The highest BCUT2D eigenvalue weighted by molar-refractivity contribution is 8.00. The average molecular weight is 252 g/mol. The van der Waals surface area contributed by atoms with Crippen molar-refractivity contribution >= 4 is 23.3 Å². The molecule has 1 aromatic heterocycles. The number of anilines is 2. The van der Waals surface area contributed by atoms with Crippen molar-refractivity contribution in [1.82, 2.24) is 9.97 Å². The van der Waals surface area contributed by atoms with Crippen LogP contribution >= 0.6 is 11.8 Å². The minimum atomic E-state index is 0.357. The fourth-order valence-electron chi connectivity index (χ4n) is 2.38. The zero-order chi connectivity index (χ0) is 12.1. The van der Waals surface area contributed by atoms with Gasteiger partial charge in [0.2, 0.25) is 0 Å². The maximum absolute atomic E-state index is 5.83. The Balaban J connectivity index is 1.98. The number of nitrogens with two attached hydrogens (primary N) is 1. The highest BCUT2D eigenvalue weighted by Crippen LogP contribution is 2.38. The van der Waals surface area contributed by atoms with E-state index in [0.29, 0.717) is 10.4 Å². The molecular formula is C12H20N4S. The lowest BCUT2D eigenvalue weighted by Gasteiger charge is -2.36. The van der Waals surface area contributed by atoms with Gasteiger partial charge in [-0.15, -0.1) is 0 Å². The van der Waals surface area contributed by atoms with Crippen LogP contribution in [0.4, 0.5) is 11.5 Å². The summed E-state index contributed by atoms with van der Waals surface area (Å²) < 4.78 is 0.357. The van der Waals surface area contributed by atoms with Crippen molar-refractivity contribution in [2.24, 2.45) is 0 Å². The van der Waals surface area contributed by atoms with Crippen LogP contribution in [-0.2, 0) is 0 Å². The first kappa shape index (κ1) is 12.5. The van der Waals surface area contributed by atoms with Crippen LogP contribution in [0.2, 0.25) is 0 Å². The number of hydrogen-bond acceptors (Lipinski definition) is 5. The molecule has 0 radical (unpaired) electrons. The van der Waals surface area contributed by atoms with E-state index in [1.807, 2.05) is 11.8 Å². The minimum absolute atomic E-state index is 0.357. The van der Waals surface area contributed by atoms with Gasteiger partial charge in [0.05, 0.1) is 11.9 Å². The molecule has 5 heteroatoms. The molecule has 1 fully saturated rings. The Bertz CT molecular complexity index is 363. The van der Waals surface area contributed by atoms with Gasteiger partial charge in [-0.3, -0.25) is 0 Å². The molecule has 1 aliphatic carbocycles. The van der Waals surface area contributed by atoms with Crippen LogP contribution < -0.4 is 11.1 Å². The molecule has 2 rings (SSSR count). The van der Waals surface area contributed by atoms with Crippen LogP contribution in [0.3, 0.4) is 0 Å². The van der Waals surface area contributed by atoms with Crippen molar-refractivity contribution < 1.29 is 0 Å². The minimum Gasteiger partial charge on any atom is -0.394 e. The Morgan fingerprint density at radius 3 is 2.82 bits per heavy atom. The zero-order valence-corrected chi connectivity index (χ0v) is 11.1. The molecule has 1 aromatic rings. The first-order valence-electron chi connectivity index (χ1n) is 6.10. The SMILES string of the molecule is CSC1(CNc2ncncc2N)CCCCC1. The third-order valence-electron chi connectivity index (χ3n) is 3.52. The third-order valence-corrected chi connectivity index (χ3v) is 4.93. The highest BCUT2D eigenvalue weighted by Gasteiger charge is 2.31. The van der Waals surface area contributed by atoms with E-state index < -0.39 is 0 Å². The van der Waals surface area contributed by atoms with Crippen molar-refractivity contribution in [1.29, 1.82) is 0 Å². The van der Waals surface area contributed by atoms with E-state index in [4.69, 9.17) is 5.73 Å². The van der Waals surface area contributed by atoms with E-state index in [1.54, 1.807) is 6.20 Å². The number of aromatic nitrogens is 2. The Kier molecular flexibility index (Phi) is 4.10. The molecule has 0 spiro atoms. The predicted molar refractivity (Wildman–Crippen MR) is 74.3 cm³/mol. The molecule has 17 heavy (non-hydrogen) atoms. The van der Waals surface area contributed by atoms with E-state index in [0.717, 1.165) is 12.4 Å². The smallest absolute Gasteiger partial charge is 0.152 e. The number of nitrogens with one attached hydrogen (secondary N) is 1. The van der Waals surface area contributed by atoms with Gasteiger partial charge in [-0.05, 0) is 19.1 Å². The molecule has 0 aromatic carbocycles. The fraction of sp³-hybridized carbons (Fsp3) is 0.667. The Morgan fingerprint density at radius 2 is 2.18 bits per heavy atom. The van der Waals surface area contributed by atoms with Crippen molar-refractivity contribution in [3.8, 4) is 0 Å². The lowest BCUT2D eigenvalue weighted by molar-refractivity contribution is 0.411. The molecular weight excluding hydrogens is 232 g/mol. The highest BCUT2D eigenvalue weighted by atomic mass is 32.2. The summed E-state index contributed by atoms with van der Waals surface area (Å²) in [5.74, 6) is 0.763. The molecule has 0 atom stereocenters. The summed E-state index contributed by atoms with van der Waals surface area (Å²) in [4.78, 5) is 8.07. The number of rotatable bonds is 4. The van der Waals surface area contributed by atoms with E-state index in [-0.39, 0.29) is 0 Å². The maximum atomic E-state index is 5.83. The molecule has 4 nitrogen and oxygen atoms in total. The molecule has 3 N–H and O–H groups in total. The topological polar surface area (TPSA) is 63.8 Å². The molecule has 1 saturated carbocycles. The number of thioether (sulfide) groups is 1. The van der Waals surface area contributed by atoms with Crippen LogP contribution in [0.5, 0.6) is 0 Å². The monoisotopic (exact) mass is 252 g/mol. The van der Waals surface area contributed by atoms with Crippen LogP contribution in [0, 0.1) is 0 Å². The molecule has 1 heterocycles. The Hall–Kier alpha value is -0.970. The van der Waals surface area contributed by atoms with Gasteiger partial charge in [-0.2, -0.15) is 11.8 Å². The van der Waals surface area contributed by atoms with Gasteiger partial charge in [0.1, 0.15) is 6.33 Å². The second-order valence-electron chi connectivity index (χ2n) is 4.63. The molecule has 1 aliphatic rings. The standard InChI is InChI=1S/C12H20N4S/c1-17-12(5-3-2-4-6-12)8-15-11-10(13)7-14-9-16-11/h7,9H,2-6,8,13H2,1H3,(H,14,15,16). The van der Waals surface area contributed by atoms with E-state index >= 15 is 0 Å². The molecule has 0 amide bonds. The van der Waals surface area contributed by atoms with Gasteiger partial charge < -0.3 is 11.1 Å². The third kappa shape index (κ3) is 3.03. The van der Waals surface area contributed by atoms with Crippen molar-refractivity contribution in [2.75, 3.05) is 23.9 Å². The number of hydrogen-bond donors (Lipinski definition) is 2. The predicted octanol–water partition coefficient (Wildman–Crippen LogP) is 2.54. The van der Waals surface area contributed by atoms with Gasteiger partial charge in [0, 0.05) is 11.3 Å². The fourth-order valence-corrected chi connectivity index (χ4v) is 3.30. The largest absolute Gasteiger partial charge is 0.394 e. The lowest BCUT2D eigenvalue weighted by atomic mass is 9.88. The van der Waals surface area contributed by atoms with Gasteiger partial charge in [-0.1, -0.05) is 19.3 Å². The summed E-state index contributed by atoms with van der Waals surface area (Å²) in [6.45, 7) is 0.940. The second-order valence-corrected chi connectivity index (χ2v) is 5.90. The average Bonchev–Trinajstić information content (AvgIpc) is 2.39. The molecule has 0 bridgehead atoms. The molecule has 0 aliphatic heterocycles. The normalized spacial score (nSPS) is 18.9. The van der Waals surface area contributed by atoms with Crippen LogP contribution in [0.15, 0.2) is 12.5 Å². The van der Waals surface area contributed by atoms with E-state index in [9.17, 15) is 0 Å². The summed E-state index contributed by atoms with van der Waals surface area (Å²) >= 11 is 1.97. The second kappa shape index (κ2) is 5.58. The molecule has 94 valence electrons. The number of nitrogens with zero attached hydrogens (tertiary/aromatic N) is 2. The zero-order valence-electron chi connectivity index (χ0n) is 10.3. The number of nitrogen functional groups attached to an aromatic ring is 1. The Morgan fingerprint density at radius 1 is 1.41 bits per heavy atom. The van der Waals surface area contributed by atoms with Gasteiger partial charge >= 0.3 is 0 Å². The first-order chi connectivity index (χ1) is 8.26. The van der Waals surface area contributed by atoms with Crippen molar-refractivity contribution in [3.05, 3.63) is 12.5 Å². The lowest BCUT2D eigenvalue weighted by Crippen LogP contribution is -2.35. The van der Waals surface area contributed by atoms with Gasteiger partial charge in [0.25, 0.3) is 0 Å². The van der Waals surface area contributed by atoms with Crippen molar-refractivity contribution in [3.63, 3.8) is 0 Å². The van der Waals surface area contributed by atoms with Crippen LogP contribution in [0.25, 0.3) is 0 Å². The van der Waals surface area contributed by atoms with Gasteiger partial charge in [0.15, 0.2) is 5.82 Å². The summed E-state index contributed by atoms with van der Waals surface area (Å²) in [6.07, 6.45) is 12.0. The Labute approximate surface area is 107 Å². The van der Waals surface area contributed by atoms with Crippen LogP contribution in [-0.4, -0.2) is 27.5 Å².